The summed E-state index contributed by atoms with van der Waals surface area (Å²) < 4.78 is 11.0. The van der Waals surface area contributed by atoms with E-state index in [0.29, 0.717) is 18.0 Å². The van der Waals surface area contributed by atoms with Gasteiger partial charge in [0.25, 0.3) is 0 Å². The minimum atomic E-state index is 0.491. The number of ether oxygens (including phenoxy) is 2. The van der Waals surface area contributed by atoms with Crippen molar-refractivity contribution in [3.8, 4) is 11.5 Å². The molecule has 0 saturated heterocycles. The molecular formula is C11H13BrO2. The SMILES string of the molecule is CC(Br)Cc1ccc2c(c1)OCCO2. The second-order valence-corrected chi connectivity index (χ2v) is 5.03. The average molecular weight is 257 g/mol. The molecule has 1 unspecified atom stereocenters. The lowest BCUT2D eigenvalue weighted by Gasteiger charge is -2.19. The normalized spacial score (nSPS) is 16.4. The highest BCUT2D eigenvalue weighted by Gasteiger charge is 2.11. The van der Waals surface area contributed by atoms with Crippen LogP contribution < -0.4 is 9.47 Å². The monoisotopic (exact) mass is 256 g/mol. The van der Waals surface area contributed by atoms with Gasteiger partial charge in [-0.2, -0.15) is 0 Å². The number of halogens is 1. The fourth-order valence-corrected chi connectivity index (χ4v) is 1.91. The number of alkyl halides is 1. The first-order valence-electron chi connectivity index (χ1n) is 4.78. The van der Waals surface area contributed by atoms with Crippen molar-refractivity contribution in [1.29, 1.82) is 0 Å². The molecule has 3 heteroatoms. The van der Waals surface area contributed by atoms with Gasteiger partial charge in [-0.1, -0.05) is 28.9 Å². The fraction of sp³-hybridized carbons (Fsp3) is 0.455. The van der Waals surface area contributed by atoms with Crippen molar-refractivity contribution in [3.05, 3.63) is 23.8 Å². The van der Waals surface area contributed by atoms with Crippen LogP contribution in [0.15, 0.2) is 18.2 Å². The van der Waals surface area contributed by atoms with Gasteiger partial charge in [0.2, 0.25) is 0 Å². The Morgan fingerprint density at radius 2 is 2.00 bits per heavy atom. The van der Waals surface area contributed by atoms with Gasteiger partial charge in [-0.15, -0.1) is 0 Å². The summed E-state index contributed by atoms with van der Waals surface area (Å²) in [6.45, 7) is 3.44. The average Bonchev–Trinajstić information content (AvgIpc) is 2.17. The van der Waals surface area contributed by atoms with E-state index in [9.17, 15) is 0 Å². The van der Waals surface area contributed by atoms with Gasteiger partial charge in [-0.05, 0) is 24.1 Å². The molecule has 0 N–H and O–H groups in total. The highest BCUT2D eigenvalue weighted by Crippen LogP contribution is 2.31. The number of hydrogen-bond acceptors (Lipinski definition) is 2. The lowest BCUT2D eigenvalue weighted by Crippen LogP contribution is -2.15. The lowest BCUT2D eigenvalue weighted by atomic mass is 10.1. The van der Waals surface area contributed by atoms with Gasteiger partial charge in [-0.3, -0.25) is 0 Å². The van der Waals surface area contributed by atoms with Crippen molar-refractivity contribution < 1.29 is 9.47 Å². The lowest BCUT2D eigenvalue weighted by molar-refractivity contribution is 0.171. The van der Waals surface area contributed by atoms with E-state index in [-0.39, 0.29) is 0 Å². The largest absolute Gasteiger partial charge is 0.486 e. The summed E-state index contributed by atoms with van der Waals surface area (Å²) in [4.78, 5) is 0.491. The molecule has 0 aliphatic carbocycles. The van der Waals surface area contributed by atoms with Gasteiger partial charge < -0.3 is 9.47 Å². The molecule has 0 saturated carbocycles. The van der Waals surface area contributed by atoms with E-state index in [1.54, 1.807) is 0 Å². The maximum absolute atomic E-state index is 5.51. The predicted molar refractivity (Wildman–Crippen MR) is 59.5 cm³/mol. The highest BCUT2D eigenvalue weighted by atomic mass is 79.9. The molecule has 1 atom stereocenters. The number of benzene rings is 1. The molecule has 1 heterocycles. The maximum Gasteiger partial charge on any atom is 0.161 e. The van der Waals surface area contributed by atoms with Gasteiger partial charge in [0.05, 0.1) is 0 Å². The van der Waals surface area contributed by atoms with Gasteiger partial charge in [-0.25, -0.2) is 0 Å². The van der Waals surface area contributed by atoms with Crippen LogP contribution in [0.4, 0.5) is 0 Å². The van der Waals surface area contributed by atoms with Crippen LogP contribution in [0.2, 0.25) is 0 Å². The Hall–Kier alpha value is -0.700. The maximum atomic E-state index is 5.51. The predicted octanol–water partition coefficient (Wildman–Crippen LogP) is 2.78. The second kappa shape index (κ2) is 4.22. The smallest absolute Gasteiger partial charge is 0.161 e. The van der Waals surface area contributed by atoms with Crippen LogP contribution in [0.25, 0.3) is 0 Å². The summed E-state index contributed by atoms with van der Waals surface area (Å²) in [7, 11) is 0. The number of fused-ring (bicyclic) bond motifs is 1. The van der Waals surface area contributed by atoms with Crippen molar-refractivity contribution >= 4 is 15.9 Å². The molecular weight excluding hydrogens is 244 g/mol. The molecule has 1 aromatic rings. The summed E-state index contributed by atoms with van der Waals surface area (Å²) in [6.07, 6.45) is 1.01. The van der Waals surface area contributed by atoms with Gasteiger partial charge in [0.1, 0.15) is 13.2 Å². The highest BCUT2D eigenvalue weighted by molar-refractivity contribution is 9.09. The van der Waals surface area contributed by atoms with Crippen LogP contribution in [0.1, 0.15) is 12.5 Å². The third-order valence-corrected chi connectivity index (χ3v) is 2.45. The molecule has 76 valence electrons. The summed E-state index contributed by atoms with van der Waals surface area (Å²) in [5, 5.41) is 0. The van der Waals surface area contributed by atoms with Crippen LogP contribution in [0.3, 0.4) is 0 Å². The summed E-state index contributed by atoms with van der Waals surface area (Å²) in [6, 6.07) is 6.14. The molecule has 1 aliphatic heterocycles. The molecule has 2 rings (SSSR count). The quantitative estimate of drug-likeness (QED) is 0.758. The molecule has 0 radical (unpaired) electrons. The van der Waals surface area contributed by atoms with E-state index < -0.39 is 0 Å². The van der Waals surface area contributed by atoms with Crippen molar-refractivity contribution in [2.45, 2.75) is 18.2 Å². The van der Waals surface area contributed by atoms with Crippen LogP contribution in [-0.4, -0.2) is 18.0 Å². The van der Waals surface area contributed by atoms with E-state index in [0.717, 1.165) is 17.9 Å². The molecule has 0 spiro atoms. The topological polar surface area (TPSA) is 18.5 Å². The second-order valence-electron chi connectivity index (χ2n) is 3.46. The molecule has 0 aromatic heterocycles. The fourth-order valence-electron chi connectivity index (χ4n) is 1.54. The molecule has 0 bridgehead atoms. The Labute approximate surface area is 92.3 Å². The molecule has 1 aliphatic rings. The molecule has 1 aromatic carbocycles. The molecule has 14 heavy (non-hydrogen) atoms. The van der Waals surface area contributed by atoms with Gasteiger partial charge in [0, 0.05) is 4.83 Å². The Balaban J connectivity index is 2.20. The number of rotatable bonds is 2. The third kappa shape index (κ3) is 2.21. The van der Waals surface area contributed by atoms with Gasteiger partial charge in [0.15, 0.2) is 11.5 Å². The van der Waals surface area contributed by atoms with E-state index >= 15 is 0 Å². The zero-order chi connectivity index (χ0) is 9.97. The Kier molecular flexibility index (Phi) is 2.96. The summed E-state index contributed by atoms with van der Waals surface area (Å²) in [5.74, 6) is 1.74. The Morgan fingerprint density at radius 3 is 2.71 bits per heavy atom. The van der Waals surface area contributed by atoms with E-state index in [4.69, 9.17) is 9.47 Å². The van der Waals surface area contributed by atoms with E-state index in [1.807, 2.05) is 6.07 Å². The first-order chi connectivity index (χ1) is 6.75. The zero-order valence-electron chi connectivity index (χ0n) is 8.13. The van der Waals surface area contributed by atoms with E-state index in [1.165, 1.54) is 5.56 Å². The van der Waals surface area contributed by atoms with Gasteiger partial charge >= 0.3 is 0 Å². The Morgan fingerprint density at radius 1 is 1.29 bits per heavy atom. The Bertz CT molecular complexity index is 323. The van der Waals surface area contributed by atoms with Crippen LogP contribution in [-0.2, 0) is 6.42 Å². The summed E-state index contributed by atoms with van der Waals surface area (Å²) in [5.41, 5.74) is 1.28. The van der Waals surface area contributed by atoms with Crippen LogP contribution in [0.5, 0.6) is 11.5 Å². The van der Waals surface area contributed by atoms with Crippen molar-refractivity contribution in [3.63, 3.8) is 0 Å². The van der Waals surface area contributed by atoms with Crippen LogP contribution >= 0.6 is 15.9 Å². The molecule has 0 amide bonds. The van der Waals surface area contributed by atoms with E-state index in [2.05, 4.69) is 35.0 Å². The first kappa shape index (κ1) is 9.84. The van der Waals surface area contributed by atoms with Crippen molar-refractivity contribution in [1.82, 2.24) is 0 Å². The third-order valence-electron chi connectivity index (χ3n) is 2.12. The van der Waals surface area contributed by atoms with Crippen molar-refractivity contribution in [2.24, 2.45) is 0 Å². The summed E-state index contributed by atoms with van der Waals surface area (Å²) >= 11 is 3.54. The molecule has 2 nitrogen and oxygen atoms in total. The van der Waals surface area contributed by atoms with Crippen LogP contribution in [0, 0.1) is 0 Å². The minimum Gasteiger partial charge on any atom is -0.486 e. The van der Waals surface area contributed by atoms with Crippen molar-refractivity contribution in [2.75, 3.05) is 13.2 Å². The zero-order valence-corrected chi connectivity index (χ0v) is 9.71. The molecule has 0 fully saturated rings. The standard InChI is InChI=1S/C11H13BrO2/c1-8(12)6-9-2-3-10-11(7-9)14-5-4-13-10/h2-3,7-8H,4-6H2,1H3. The first-order valence-corrected chi connectivity index (χ1v) is 5.70. The number of hydrogen-bond donors (Lipinski definition) is 0. The minimum absolute atomic E-state index is 0.491.